The van der Waals surface area contributed by atoms with Crippen molar-refractivity contribution in [3.8, 4) is 0 Å². The lowest BCUT2D eigenvalue weighted by molar-refractivity contribution is 0.101. The highest BCUT2D eigenvalue weighted by molar-refractivity contribution is 6.99. The van der Waals surface area contributed by atoms with E-state index in [0.29, 0.717) is 11.0 Å². The van der Waals surface area contributed by atoms with Crippen LogP contribution >= 0.6 is 11.7 Å². The van der Waals surface area contributed by atoms with E-state index in [2.05, 4.69) is 8.75 Å². The number of halogens is 1. The van der Waals surface area contributed by atoms with Crippen molar-refractivity contribution in [2.75, 3.05) is 0 Å². The van der Waals surface area contributed by atoms with Crippen LogP contribution in [-0.2, 0) is 0 Å². The summed E-state index contributed by atoms with van der Waals surface area (Å²) in [6.07, 6.45) is 1.38. The molecule has 0 atom stereocenters. The molecule has 0 radical (unpaired) electrons. The first-order valence-corrected chi connectivity index (χ1v) is 5.48. The molecule has 0 spiro atoms. The Balaban J connectivity index is 2.09. The molecule has 3 aromatic rings. The Morgan fingerprint density at radius 3 is 3.00 bits per heavy atom. The molecular formula is C11H5FN2O2S. The molecule has 2 heterocycles. The van der Waals surface area contributed by atoms with Gasteiger partial charge in [0, 0.05) is 5.39 Å². The van der Waals surface area contributed by atoms with Gasteiger partial charge in [-0.2, -0.15) is 8.75 Å². The number of benzene rings is 1. The number of carbonyl (C=O) groups is 1. The van der Waals surface area contributed by atoms with Gasteiger partial charge in [0.15, 0.2) is 5.76 Å². The molecule has 6 heteroatoms. The van der Waals surface area contributed by atoms with Crippen molar-refractivity contribution in [2.45, 2.75) is 0 Å². The normalized spacial score (nSPS) is 10.9. The molecule has 0 bridgehead atoms. The van der Waals surface area contributed by atoms with Crippen LogP contribution in [0.15, 0.2) is 34.9 Å². The highest BCUT2D eigenvalue weighted by Crippen LogP contribution is 2.22. The number of carbonyl (C=O) groups excluding carboxylic acids is 1. The van der Waals surface area contributed by atoms with E-state index < -0.39 is 0 Å². The van der Waals surface area contributed by atoms with Crippen molar-refractivity contribution < 1.29 is 13.6 Å². The minimum atomic E-state index is -0.368. The van der Waals surface area contributed by atoms with Crippen LogP contribution in [0, 0.1) is 5.82 Å². The largest absolute Gasteiger partial charge is 0.453 e. The van der Waals surface area contributed by atoms with Crippen molar-refractivity contribution >= 4 is 28.5 Å². The Kier molecular flexibility index (Phi) is 2.22. The van der Waals surface area contributed by atoms with Crippen LogP contribution in [0.4, 0.5) is 4.39 Å². The molecule has 0 aliphatic heterocycles. The van der Waals surface area contributed by atoms with Crippen molar-refractivity contribution in [1.82, 2.24) is 8.75 Å². The molecule has 1 aromatic carbocycles. The SMILES string of the molecule is O=C(c1cnsn1)c1cc2cc(F)ccc2o1. The summed E-state index contributed by atoms with van der Waals surface area (Å²) in [4.78, 5) is 11.9. The van der Waals surface area contributed by atoms with E-state index in [0.717, 1.165) is 11.7 Å². The molecule has 0 saturated carbocycles. The van der Waals surface area contributed by atoms with Gasteiger partial charge < -0.3 is 4.42 Å². The molecule has 17 heavy (non-hydrogen) atoms. The van der Waals surface area contributed by atoms with Gasteiger partial charge in [0.05, 0.1) is 17.9 Å². The number of ketones is 1. The van der Waals surface area contributed by atoms with Gasteiger partial charge in [-0.15, -0.1) is 0 Å². The second kappa shape index (κ2) is 3.74. The molecule has 0 saturated heterocycles. The molecule has 0 fully saturated rings. The first kappa shape index (κ1) is 10.1. The minimum absolute atomic E-state index is 0.137. The zero-order valence-corrected chi connectivity index (χ0v) is 9.20. The van der Waals surface area contributed by atoms with Crippen LogP contribution in [-0.4, -0.2) is 14.5 Å². The van der Waals surface area contributed by atoms with Crippen LogP contribution in [0.1, 0.15) is 16.2 Å². The summed E-state index contributed by atoms with van der Waals surface area (Å²) in [5.74, 6) is -0.582. The fraction of sp³-hybridized carbons (Fsp3) is 0. The first-order valence-electron chi connectivity index (χ1n) is 4.75. The van der Waals surface area contributed by atoms with Crippen LogP contribution in [0.25, 0.3) is 11.0 Å². The summed E-state index contributed by atoms with van der Waals surface area (Å²) >= 11 is 0.949. The van der Waals surface area contributed by atoms with Crippen LogP contribution in [0.2, 0.25) is 0 Å². The standard InChI is InChI=1S/C11H5FN2O2S/c12-7-1-2-9-6(3-7)4-10(16-9)11(15)8-5-13-17-14-8/h1-5H. The lowest BCUT2D eigenvalue weighted by Gasteiger charge is -1.88. The summed E-state index contributed by atoms with van der Waals surface area (Å²) in [5, 5.41) is 0.552. The highest BCUT2D eigenvalue weighted by Gasteiger charge is 2.17. The lowest BCUT2D eigenvalue weighted by Crippen LogP contribution is -1.98. The second-order valence-electron chi connectivity index (χ2n) is 3.41. The average molecular weight is 248 g/mol. The van der Waals surface area contributed by atoms with Gasteiger partial charge in [-0.3, -0.25) is 4.79 Å². The Bertz CT molecular complexity index is 691. The van der Waals surface area contributed by atoms with Crippen molar-refractivity contribution in [3.63, 3.8) is 0 Å². The summed E-state index contributed by atoms with van der Waals surface area (Å²) in [6, 6.07) is 5.58. The van der Waals surface area contributed by atoms with Crippen LogP contribution in [0.3, 0.4) is 0 Å². The summed E-state index contributed by atoms with van der Waals surface area (Å²) < 4.78 is 25.9. The fourth-order valence-electron chi connectivity index (χ4n) is 1.52. The van der Waals surface area contributed by atoms with Crippen molar-refractivity contribution in [1.29, 1.82) is 0 Å². The summed E-state index contributed by atoms with van der Waals surface area (Å²) in [6.45, 7) is 0. The molecule has 84 valence electrons. The number of furan rings is 1. The smallest absolute Gasteiger partial charge is 0.249 e. The Morgan fingerprint density at radius 2 is 2.24 bits per heavy atom. The predicted molar refractivity (Wildman–Crippen MR) is 59.5 cm³/mol. The maximum Gasteiger partial charge on any atom is 0.249 e. The highest BCUT2D eigenvalue weighted by atomic mass is 32.1. The maximum absolute atomic E-state index is 13.0. The summed E-state index contributed by atoms with van der Waals surface area (Å²) in [5.41, 5.74) is 0.701. The number of fused-ring (bicyclic) bond motifs is 1. The third kappa shape index (κ3) is 1.72. The number of hydrogen-bond donors (Lipinski definition) is 0. The van der Waals surface area contributed by atoms with Gasteiger partial charge >= 0.3 is 0 Å². The molecule has 4 nitrogen and oxygen atoms in total. The van der Waals surface area contributed by atoms with Gasteiger partial charge in [0.1, 0.15) is 17.1 Å². The molecule has 0 unspecified atom stereocenters. The molecule has 2 aromatic heterocycles. The maximum atomic E-state index is 13.0. The molecule has 0 N–H and O–H groups in total. The number of rotatable bonds is 2. The zero-order chi connectivity index (χ0) is 11.8. The Morgan fingerprint density at radius 1 is 1.35 bits per heavy atom. The first-order chi connectivity index (χ1) is 8.24. The number of nitrogens with zero attached hydrogens (tertiary/aromatic N) is 2. The Hall–Kier alpha value is -2.08. The predicted octanol–water partition coefficient (Wildman–Crippen LogP) is 2.65. The van der Waals surface area contributed by atoms with Gasteiger partial charge in [0.2, 0.25) is 5.78 Å². The van der Waals surface area contributed by atoms with E-state index in [-0.39, 0.29) is 23.1 Å². The molecule has 0 amide bonds. The van der Waals surface area contributed by atoms with E-state index >= 15 is 0 Å². The van der Waals surface area contributed by atoms with Crippen LogP contribution < -0.4 is 0 Å². The van der Waals surface area contributed by atoms with Crippen molar-refractivity contribution in [2.24, 2.45) is 0 Å². The molecular weight excluding hydrogens is 243 g/mol. The lowest BCUT2D eigenvalue weighted by atomic mass is 10.2. The monoisotopic (exact) mass is 248 g/mol. The van der Waals surface area contributed by atoms with Gasteiger partial charge in [-0.1, -0.05) is 0 Å². The van der Waals surface area contributed by atoms with E-state index in [4.69, 9.17) is 4.42 Å². The van der Waals surface area contributed by atoms with Crippen LogP contribution in [0.5, 0.6) is 0 Å². The van der Waals surface area contributed by atoms with E-state index in [1.165, 1.54) is 30.5 Å². The Labute approximate surface area is 99.0 Å². The third-order valence-electron chi connectivity index (χ3n) is 2.30. The zero-order valence-electron chi connectivity index (χ0n) is 8.38. The summed E-state index contributed by atoms with van der Waals surface area (Å²) in [7, 11) is 0. The molecule has 0 aliphatic rings. The topological polar surface area (TPSA) is 56.0 Å². The molecule has 3 rings (SSSR count). The van der Waals surface area contributed by atoms with Gasteiger partial charge in [-0.05, 0) is 24.3 Å². The van der Waals surface area contributed by atoms with Gasteiger partial charge in [0.25, 0.3) is 0 Å². The average Bonchev–Trinajstić information content (AvgIpc) is 2.96. The fourth-order valence-corrected chi connectivity index (χ4v) is 1.93. The van der Waals surface area contributed by atoms with Gasteiger partial charge in [-0.25, -0.2) is 4.39 Å². The molecule has 0 aliphatic carbocycles. The van der Waals surface area contributed by atoms with E-state index in [1.807, 2.05) is 0 Å². The number of hydrogen-bond acceptors (Lipinski definition) is 5. The quantitative estimate of drug-likeness (QED) is 0.654. The number of aromatic nitrogens is 2. The van der Waals surface area contributed by atoms with E-state index in [1.54, 1.807) is 0 Å². The van der Waals surface area contributed by atoms with Crippen molar-refractivity contribution in [3.05, 3.63) is 47.7 Å². The second-order valence-corrected chi connectivity index (χ2v) is 3.97. The van der Waals surface area contributed by atoms with E-state index in [9.17, 15) is 9.18 Å². The minimum Gasteiger partial charge on any atom is -0.453 e. The third-order valence-corrected chi connectivity index (χ3v) is 2.77.